The predicted octanol–water partition coefficient (Wildman–Crippen LogP) is 2.67. The lowest BCUT2D eigenvalue weighted by Crippen LogP contribution is -2.37. The van der Waals surface area contributed by atoms with Crippen molar-refractivity contribution in [2.75, 3.05) is 4.90 Å². The number of pyridine rings is 1. The number of carbonyl (C=O) groups is 2. The van der Waals surface area contributed by atoms with E-state index in [2.05, 4.69) is 36.8 Å². The first kappa shape index (κ1) is 13.9. The summed E-state index contributed by atoms with van der Waals surface area (Å²) in [7, 11) is 0. The van der Waals surface area contributed by atoms with Crippen molar-refractivity contribution in [1.82, 2.24) is 4.98 Å². The largest absolute Gasteiger partial charge is 0.274 e. The number of imide groups is 1. The van der Waals surface area contributed by atoms with Crippen molar-refractivity contribution in [3.8, 4) is 0 Å². The van der Waals surface area contributed by atoms with E-state index in [0.29, 0.717) is 5.82 Å². The zero-order chi connectivity index (χ0) is 14.9. The molecule has 0 aromatic carbocycles. The average Bonchev–Trinajstić information content (AvgIpc) is 3.04. The van der Waals surface area contributed by atoms with Crippen molar-refractivity contribution in [1.29, 1.82) is 0 Å². The zero-order valence-corrected chi connectivity index (χ0v) is 14.5. The predicted molar refractivity (Wildman–Crippen MR) is 85.5 cm³/mol. The average molecular weight is 414 g/mol. The van der Waals surface area contributed by atoms with Gasteiger partial charge in [0.25, 0.3) is 0 Å². The normalized spacial score (nSPS) is 41.0. The number of alkyl halides is 2. The molecule has 2 bridgehead atoms. The first-order chi connectivity index (χ1) is 10.0. The molecular weight excluding hydrogens is 400 g/mol. The number of anilines is 1. The molecule has 3 fully saturated rings. The third kappa shape index (κ3) is 1.75. The van der Waals surface area contributed by atoms with Gasteiger partial charge in [0.05, 0.1) is 11.8 Å². The second-order valence-corrected chi connectivity index (χ2v) is 8.32. The highest BCUT2D eigenvalue weighted by molar-refractivity contribution is 9.12. The number of amides is 2. The van der Waals surface area contributed by atoms with Crippen molar-refractivity contribution in [3.63, 3.8) is 0 Å². The van der Waals surface area contributed by atoms with Crippen LogP contribution in [0.5, 0.6) is 0 Å². The number of carbonyl (C=O) groups excluding carboxylic acids is 2. The van der Waals surface area contributed by atoms with Crippen molar-refractivity contribution in [3.05, 3.63) is 23.9 Å². The highest BCUT2D eigenvalue weighted by Gasteiger charge is 2.66. The van der Waals surface area contributed by atoms with Crippen LogP contribution in [0.4, 0.5) is 5.82 Å². The molecule has 1 aromatic rings. The number of aryl methyl sites for hydroxylation is 1. The Morgan fingerprint density at radius 2 is 1.71 bits per heavy atom. The summed E-state index contributed by atoms with van der Waals surface area (Å²) in [4.78, 5) is 31.6. The Balaban J connectivity index is 1.75. The number of nitrogens with zero attached hydrogens (tertiary/aromatic N) is 2. The lowest BCUT2D eigenvalue weighted by Gasteiger charge is -2.28. The van der Waals surface area contributed by atoms with Gasteiger partial charge < -0.3 is 0 Å². The quantitative estimate of drug-likeness (QED) is 0.525. The monoisotopic (exact) mass is 412 g/mol. The first-order valence-electron chi connectivity index (χ1n) is 7.09. The van der Waals surface area contributed by atoms with E-state index in [-0.39, 0.29) is 45.1 Å². The minimum absolute atomic E-state index is 0.0700. The van der Waals surface area contributed by atoms with Crippen molar-refractivity contribution >= 4 is 49.5 Å². The van der Waals surface area contributed by atoms with Crippen LogP contribution in [0.1, 0.15) is 12.0 Å². The summed E-state index contributed by atoms with van der Waals surface area (Å²) < 4.78 is 0. The lowest BCUT2D eigenvalue weighted by molar-refractivity contribution is -0.123. The Bertz CT molecular complexity index is 618. The zero-order valence-electron chi connectivity index (χ0n) is 11.4. The summed E-state index contributed by atoms with van der Waals surface area (Å²) in [5.41, 5.74) is 0.998. The Hall–Kier alpha value is -0.750. The van der Waals surface area contributed by atoms with E-state index in [1.807, 2.05) is 13.0 Å². The Labute approximate surface area is 139 Å². The van der Waals surface area contributed by atoms with E-state index in [1.54, 1.807) is 12.3 Å². The molecule has 2 saturated carbocycles. The Morgan fingerprint density at radius 1 is 1.14 bits per heavy atom. The van der Waals surface area contributed by atoms with Crippen molar-refractivity contribution in [2.24, 2.45) is 23.7 Å². The van der Waals surface area contributed by atoms with Gasteiger partial charge in [0, 0.05) is 15.9 Å². The van der Waals surface area contributed by atoms with E-state index in [0.717, 1.165) is 12.0 Å². The van der Waals surface area contributed by atoms with Crippen LogP contribution < -0.4 is 4.90 Å². The van der Waals surface area contributed by atoms with Crippen LogP contribution in [0, 0.1) is 30.6 Å². The van der Waals surface area contributed by atoms with Gasteiger partial charge in [-0.05, 0) is 42.9 Å². The molecule has 2 amide bonds. The third-order valence-corrected chi connectivity index (χ3v) is 8.32. The molecule has 1 saturated heterocycles. The molecule has 4 rings (SSSR count). The molecule has 0 N–H and O–H groups in total. The molecule has 2 heterocycles. The number of halogens is 2. The van der Waals surface area contributed by atoms with Crippen LogP contribution in [0.2, 0.25) is 0 Å². The number of aromatic nitrogens is 1. The van der Waals surface area contributed by atoms with E-state index >= 15 is 0 Å². The minimum Gasteiger partial charge on any atom is -0.274 e. The Kier molecular flexibility index (Phi) is 3.05. The van der Waals surface area contributed by atoms with Crippen molar-refractivity contribution < 1.29 is 9.59 Å². The van der Waals surface area contributed by atoms with Gasteiger partial charge in [-0.15, -0.1) is 0 Å². The van der Waals surface area contributed by atoms with Gasteiger partial charge in [-0.2, -0.15) is 0 Å². The molecule has 0 unspecified atom stereocenters. The SMILES string of the molecule is Cc1ccnc(N2C(=O)[C@H]3[C@@H]4C[C@H]([C@@H](Br)[C@H]4Br)[C@@H]3C2=O)c1. The second-order valence-electron chi connectivity index (χ2n) is 6.21. The van der Waals surface area contributed by atoms with Crippen LogP contribution in [0.15, 0.2) is 18.3 Å². The molecular formula is C15H14Br2N2O2. The lowest BCUT2D eigenvalue weighted by atomic mass is 9.81. The summed E-state index contributed by atoms with van der Waals surface area (Å²) in [6, 6.07) is 3.66. The van der Waals surface area contributed by atoms with Gasteiger partial charge in [0.2, 0.25) is 11.8 Å². The van der Waals surface area contributed by atoms with Crippen LogP contribution in [0.25, 0.3) is 0 Å². The molecule has 2 aliphatic carbocycles. The van der Waals surface area contributed by atoms with Gasteiger partial charge in [-0.1, -0.05) is 31.9 Å². The van der Waals surface area contributed by atoms with Gasteiger partial charge in [-0.25, -0.2) is 9.88 Å². The summed E-state index contributed by atoms with van der Waals surface area (Å²) in [5, 5.41) is 0. The molecule has 3 aliphatic rings. The molecule has 0 radical (unpaired) electrons. The molecule has 4 nitrogen and oxygen atoms in total. The number of rotatable bonds is 1. The topological polar surface area (TPSA) is 50.3 Å². The number of hydrogen-bond acceptors (Lipinski definition) is 3. The van der Waals surface area contributed by atoms with Gasteiger partial charge in [-0.3, -0.25) is 9.59 Å². The number of hydrogen-bond donors (Lipinski definition) is 0. The highest BCUT2D eigenvalue weighted by Crippen LogP contribution is 2.60. The van der Waals surface area contributed by atoms with Gasteiger partial charge in [0.1, 0.15) is 5.82 Å². The summed E-state index contributed by atoms with van der Waals surface area (Å²) in [6.07, 6.45) is 2.60. The standard InChI is InChI=1S/C15H14Br2N2O2/c1-6-2-3-18-9(4-6)19-14(20)10-7-5-8(11(10)15(19)21)13(17)12(7)16/h2-4,7-8,10-13H,5H2,1H3/t7-,8-,10-,11-,12-,13+/m0/s1. The third-order valence-electron chi connectivity index (χ3n) is 5.12. The van der Waals surface area contributed by atoms with Gasteiger partial charge >= 0.3 is 0 Å². The molecule has 110 valence electrons. The molecule has 21 heavy (non-hydrogen) atoms. The maximum atomic E-state index is 12.8. The van der Waals surface area contributed by atoms with Crippen LogP contribution in [0.3, 0.4) is 0 Å². The molecule has 6 heteroatoms. The highest BCUT2D eigenvalue weighted by atomic mass is 79.9. The van der Waals surface area contributed by atoms with E-state index in [4.69, 9.17) is 0 Å². The van der Waals surface area contributed by atoms with Crippen LogP contribution in [-0.4, -0.2) is 26.5 Å². The van der Waals surface area contributed by atoms with Crippen molar-refractivity contribution in [2.45, 2.75) is 23.0 Å². The molecule has 1 aromatic heterocycles. The molecule has 0 spiro atoms. The van der Waals surface area contributed by atoms with Crippen LogP contribution >= 0.6 is 31.9 Å². The van der Waals surface area contributed by atoms with E-state index in [1.165, 1.54) is 4.90 Å². The summed E-state index contributed by atoms with van der Waals surface area (Å²) in [6.45, 7) is 1.93. The first-order valence-corrected chi connectivity index (χ1v) is 8.92. The maximum Gasteiger partial charge on any atom is 0.239 e. The molecule has 1 aliphatic heterocycles. The minimum atomic E-state index is -0.178. The Morgan fingerprint density at radius 3 is 2.24 bits per heavy atom. The number of fused-ring (bicyclic) bond motifs is 5. The fourth-order valence-electron chi connectivity index (χ4n) is 4.22. The van der Waals surface area contributed by atoms with E-state index < -0.39 is 0 Å². The summed E-state index contributed by atoms with van der Waals surface area (Å²) in [5.74, 6) is 0.465. The fraction of sp³-hybridized carbons (Fsp3) is 0.533. The van der Waals surface area contributed by atoms with Crippen LogP contribution in [-0.2, 0) is 9.59 Å². The smallest absolute Gasteiger partial charge is 0.239 e. The molecule has 6 atom stereocenters. The maximum absolute atomic E-state index is 12.8. The summed E-state index contributed by atoms with van der Waals surface area (Å²) >= 11 is 7.38. The van der Waals surface area contributed by atoms with Gasteiger partial charge in [0.15, 0.2) is 0 Å². The fourth-order valence-corrected chi connectivity index (χ4v) is 6.09. The van der Waals surface area contributed by atoms with E-state index in [9.17, 15) is 9.59 Å². The second kappa shape index (κ2) is 4.62.